The summed E-state index contributed by atoms with van der Waals surface area (Å²) in [5, 5.41) is 12.7. The van der Waals surface area contributed by atoms with E-state index in [1.54, 1.807) is 47.4 Å². The molecule has 40 heavy (non-hydrogen) atoms. The molecule has 2 amide bonds. The molecule has 1 aliphatic carbocycles. The number of carbonyl (C=O) groups excluding carboxylic acids is 2. The van der Waals surface area contributed by atoms with Crippen molar-refractivity contribution in [2.24, 2.45) is 11.8 Å². The number of carbonyl (C=O) groups is 3. The second-order valence-electron chi connectivity index (χ2n) is 11.0. The smallest absolute Gasteiger partial charge is 0.335 e. The summed E-state index contributed by atoms with van der Waals surface area (Å²) in [6.45, 7) is 0.855. The Morgan fingerprint density at radius 3 is 2.52 bits per heavy atom. The third-order valence-electron chi connectivity index (χ3n) is 8.88. The molecule has 0 aromatic heterocycles. The number of anilines is 2. The Kier molecular flexibility index (Phi) is 5.75. The van der Waals surface area contributed by atoms with Gasteiger partial charge in [0.05, 0.1) is 16.5 Å². The van der Waals surface area contributed by atoms with E-state index in [-0.39, 0.29) is 34.5 Å². The van der Waals surface area contributed by atoms with E-state index in [0.717, 1.165) is 12.8 Å². The molecule has 4 aliphatic rings. The summed E-state index contributed by atoms with van der Waals surface area (Å²) >= 11 is 12.6. The van der Waals surface area contributed by atoms with Crippen molar-refractivity contribution in [1.82, 2.24) is 4.90 Å². The maximum absolute atomic E-state index is 15.9. The summed E-state index contributed by atoms with van der Waals surface area (Å²) in [6, 6.07) is 15.7. The molecule has 1 spiro atoms. The van der Waals surface area contributed by atoms with Crippen molar-refractivity contribution in [1.29, 1.82) is 0 Å². The van der Waals surface area contributed by atoms with Crippen LogP contribution in [0.5, 0.6) is 0 Å². The molecule has 3 aromatic carbocycles. The molecule has 204 valence electrons. The van der Waals surface area contributed by atoms with E-state index >= 15 is 4.39 Å². The fourth-order valence-corrected chi connectivity index (χ4v) is 7.39. The van der Waals surface area contributed by atoms with Gasteiger partial charge in [0, 0.05) is 47.0 Å². The summed E-state index contributed by atoms with van der Waals surface area (Å²) in [5.74, 6) is -3.51. The first-order valence-corrected chi connectivity index (χ1v) is 13.9. The fourth-order valence-electron chi connectivity index (χ4n) is 7.03. The van der Waals surface area contributed by atoms with Crippen molar-refractivity contribution in [2.45, 2.75) is 30.3 Å². The molecule has 3 aliphatic heterocycles. The molecule has 7 nitrogen and oxygen atoms in total. The number of aromatic carboxylic acids is 1. The topological polar surface area (TPSA) is 90.0 Å². The van der Waals surface area contributed by atoms with Crippen LogP contribution in [0.3, 0.4) is 0 Å². The molecule has 1 saturated carbocycles. The molecule has 0 radical (unpaired) electrons. The van der Waals surface area contributed by atoms with Gasteiger partial charge >= 0.3 is 5.97 Å². The lowest BCUT2D eigenvalue weighted by Gasteiger charge is -2.41. The molecular formula is C30H24Cl2FN3O4. The first-order chi connectivity index (χ1) is 19.2. The van der Waals surface area contributed by atoms with Crippen molar-refractivity contribution >= 4 is 52.4 Å². The van der Waals surface area contributed by atoms with Crippen molar-refractivity contribution in [3.63, 3.8) is 0 Å². The highest BCUT2D eigenvalue weighted by Crippen LogP contribution is 2.62. The number of nitrogens with one attached hydrogen (secondary N) is 1. The lowest BCUT2D eigenvalue weighted by molar-refractivity contribution is -0.128. The Morgan fingerprint density at radius 2 is 1.82 bits per heavy atom. The van der Waals surface area contributed by atoms with E-state index in [0.29, 0.717) is 34.4 Å². The minimum absolute atomic E-state index is 0.0776. The van der Waals surface area contributed by atoms with Crippen LogP contribution in [0, 0.1) is 17.7 Å². The number of hydrogen-bond acceptors (Lipinski definition) is 4. The largest absolute Gasteiger partial charge is 0.478 e. The molecule has 2 saturated heterocycles. The van der Waals surface area contributed by atoms with Crippen LogP contribution < -0.4 is 10.2 Å². The normalized spacial score (nSPS) is 27.3. The van der Waals surface area contributed by atoms with Crippen molar-refractivity contribution < 1.29 is 23.9 Å². The van der Waals surface area contributed by atoms with E-state index < -0.39 is 35.2 Å². The van der Waals surface area contributed by atoms with Gasteiger partial charge in [-0.15, -0.1) is 0 Å². The van der Waals surface area contributed by atoms with Crippen LogP contribution in [0.4, 0.5) is 15.8 Å². The minimum Gasteiger partial charge on any atom is -0.478 e. The average Bonchev–Trinajstić information content (AvgIpc) is 3.55. The van der Waals surface area contributed by atoms with E-state index in [1.165, 1.54) is 18.2 Å². The number of fused-ring (bicyclic) bond motifs is 3. The van der Waals surface area contributed by atoms with Crippen molar-refractivity contribution in [2.75, 3.05) is 23.3 Å². The fraction of sp³-hybridized carbons (Fsp3) is 0.300. The van der Waals surface area contributed by atoms with Gasteiger partial charge in [-0.1, -0.05) is 41.4 Å². The zero-order valence-electron chi connectivity index (χ0n) is 21.1. The maximum atomic E-state index is 15.9. The van der Waals surface area contributed by atoms with Gasteiger partial charge in [-0.25, -0.2) is 9.18 Å². The van der Waals surface area contributed by atoms with Crippen LogP contribution in [0.25, 0.3) is 0 Å². The van der Waals surface area contributed by atoms with Crippen LogP contribution >= 0.6 is 23.2 Å². The lowest BCUT2D eigenvalue weighted by Crippen LogP contribution is -2.54. The SMILES string of the molecule is O=C(O)c1ccc(N2C[C@H]3[C@@H](C2=O)[C@H](c2cccc(Cl)c2F)[C@]2(C(=O)Nc4cc(Cl)ccc42)N3CC2CC2)cc1. The van der Waals surface area contributed by atoms with E-state index in [1.807, 2.05) is 0 Å². The predicted molar refractivity (Wildman–Crippen MR) is 148 cm³/mol. The number of amides is 2. The van der Waals surface area contributed by atoms with Gasteiger partial charge in [0.15, 0.2) is 0 Å². The van der Waals surface area contributed by atoms with Gasteiger partial charge < -0.3 is 15.3 Å². The minimum atomic E-state index is -1.34. The lowest BCUT2D eigenvalue weighted by atomic mass is 9.71. The third kappa shape index (κ3) is 3.56. The molecule has 10 heteroatoms. The summed E-state index contributed by atoms with van der Waals surface area (Å²) in [5.41, 5.74) is 0.777. The van der Waals surface area contributed by atoms with Crippen LogP contribution in [0.1, 0.15) is 40.2 Å². The second kappa shape index (κ2) is 9.03. The Morgan fingerprint density at radius 1 is 1.07 bits per heavy atom. The summed E-state index contributed by atoms with van der Waals surface area (Å²) < 4.78 is 15.9. The highest BCUT2D eigenvalue weighted by atomic mass is 35.5. The molecule has 3 heterocycles. The number of carboxylic acid groups (broad SMARTS) is 1. The Labute approximate surface area is 239 Å². The number of likely N-dealkylation sites (tertiary alicyclic amines) is 1. The molecule has 7 rings (SSSR count). The number of hydrogen-bond donors (Lipinski definition) is 2. The van der Waals surface area contributed by atoms with Crippen molar-refractivity contribution in [3.05, 3.63) is 93.2 Å². The first-order valence-electron chi connectivity index (χ1n) is 13.2. The van der Waals surface area contributed by atoms with E-state index in [2.05, 4.69) is 10.2 Å². The van der Waals surface area contributed by atoms with Gasteiger partial charge in [-0.05, 0) is 66.8 Å². The highest BCUT2D eigenvalue weighted by molar-refractivity contribution is 6.31. The molecule has 3 fully saturated rings. The van der Waals surface area contributed by atoms with Gasteiger partial charge in [0.25, 0.3) is 0 Å². The summed E-state index contributed by atoms with van der Waals surface area (Å²) in [6.07, 6.45) is 2.03. The number of rotatable bonds is 5. The Hall–Kier alpha value is -3.46. The standard InChI is InChI=1S/C30H24Cl2FN3O4/c31-17-8-11-20-22(12-17)34-29(40)30(20)25(19-2-1-3-21(32)26(19)33)24-23(36(30)13-15-4-5-15)14-35(27(24)37)18-9-6-16(7-10-18)28(38)39/h1-3,6-12,15,23-25H,4-5,13-14H2,(H,34,40)(H,38,39)/t23-,24+,25-,30+/m0/s1. The monoisotopic (exact) mass is 579 g/mol. The van der Waals surface area contributed by atoms with Gasteiger partial charge in [-0.3, -0.25) is 14.5 Å². The second-order valence-corrected chi connectivity index (χ2v) is 11.9. The Bertz CT molecular complexity index is 1590. The quantitative estimate of drug-likeness (QED) is 0.415. The van der Waals surface area contributed by atoms with Gasteiger partial charge in [0.2, 0.25) is 11.8 Å². The van der Waals surface area contributed by atoms with Gasteiger partial charge in [-0.2, -0.15) is 0 Å². The van der Waals surface area contributed by atoms with Crippen LogP contribution in [0.15, 0.2) is 60.7 Å². The highest BCUT2D eigenvalue weighted by Gasteiger charge is 2.71. The zero-order chi connectivity index (χ0) is 27.9. The maximum Gasteiger partial charge on any atom is 0.335 e. The summed E-state index contributed by atoms with van der Waals surface area (Å²) in [4.78, 5) is 43.7. The molecule has 0 bridgehead atoms. The molecule has 2 N–H and O–H groups in total. The average molecular weight is 580 g/mol. The number of carboxylic acids is 1. The first kappa shape index (κ1) is 25.5. The number of halogens is 3. The van der Waals surface area contributed by atoms with Crippen molar-refractivity contribution in [3.8, 4) is 0 Å². The Balaban J connectivity index is 1.43. The predicted octanol–water partition coefficient (Wildman–Crippen LogP) is 5.52. The number of nitrogens with zero attached hydrogens (tertiary/aromatic N) is 2. The molecule has 0 unspecified atom stereocenters. The molecule has 4 atom stereocenters. The summed E-state index contributed by atoms with van der Waals surface area (Å²) in [7, 11) is 0. The third-order valence-corrected chi connectivity index (χ3v) is 9.41. The van der Waals surface area contributed by atoms with E-state index in [4.69, 9.17) is 23.2 Å². The molecule has 3 aromatic rings. The van der Waals surface area contributed by atoms with Crippen LogP contribution in [0.2, 0.25) is 10.0 Å². The van der Waals surface area contributed by atoms with Gasteiger partial charge in [0.1, 0.15) is 11.4 Å². The van der Waals surface area contributed by atoms with E-state index in [9.17, 15) is 19.5 Å². The number of benzene rings is 3. The molecular weight excluding hydrogens is 556 g/mol. The zero-order valence-corrected chi connectivity index (χ0v) is 22.6. The van der Waals surface area contributed by atoms with Crippen LogP contribution in [-0.2, 0) is 15.1 Å². The van der Waals surface area contributed by atoms with Crippen LogP contribution in [-0.4, -0.2) is 46.9 Å².